The van der Waals surface area contributed by atoms with Crippen molar-refractivity contribution < 1.29 is 13.2 Å². The van der Waals surface area contributed by atoms with Crippen molar-refractivity contribution in [2.75, 3.05) is 6.54 Å². The van der Waals surface area contributed by atoms with Crippen molar-refractivity contribution in [3.05, 3.63) is 34.8 Å². The van der Waals surface area contributed by atoms with E-state index in [1.165, 1.54) is 0 Å². The second-order valence-electron chi connectivity index (χ2n) is 6.58. The Hall–Kier alpha value is -1.49. The summed E-state index contributed by atoms with van der Waals surface area (Å²) in [4.78, 5) is 3.08. The fraction of sp³-hybridized carbons (Fsp3) is 0.500. The molecule has 2 nitrogen and oxygen atoms in total. The van der Waals surface area contributed by atoms with Crippen molar-refractivity contribution in [1.29, 1.82) is 0 Å². The van der Waals surface area contributed by atoms with E-state index in [9.17, 15) is 13.2 Å². The van der Waals surface area contributed by atoms with Crippen LogP contribution in [0.5, 0.6) is 0 Å². The Labute approximate surface area is 121 Å². The number of fused-ring (bicyclic) bond motifs is 3. The van der Waals surface area contributed by atoms with E-state index < -0.39 is 17.5 Å². The van der Waals surface area contributed by atoms with Crippen LogP contribution in [0, 0.1) is 22.9 Å². The predicted octanol–water partition coefficient (Wildman–Crippen LogP) is 4.21. The summed E-state index contributed by atoms with van der Waals surface area (Å²) in [7, 11) is 0. The topological polar surface area (TPSA) is 27.8 Å². The molecule has 0 amide bonds. The summed E-state index contributed by atoms with van der Waals surface area (Å²) < 4.78 is 41.2. The molecule has 0 saturated carbocycles. The van der Waals surface area contributed by atoms with E-state index in [4.69, 9.17) is 0 Å². The van der Waals surface area contributed by atoms with Crippen LogP contribution in [-0.2, 0) is 6.42 Å². The van der Waals surface area contributed by atoms with Gasteiger partial charge in [0.1, 0.15) is 0 Å². The minimum atomic E-state index is -1.40. The Bertz CT molecular complexity index is 703. The summed E-state index contributed by atoms with van der Waals surface area (Å²) in [5.74, 6) is -3.65. The summed E-state index contributed by atoms with van der Waals surface area (Å²) in [5, 5.41) is 3.52. The summed E-state index contributed by atoms with van der Waals surface area (Å²) >= 11 is 0. The fourth-order valence-corrected chi connectivity index (χ4v) is 3.49. The molecule has 2 aromatic rings. The average Bonchev–Trinajstić information content (AvgIpc) is 2.72. The molecule has 1 unspecified atom stereocenters. The molecule has 1 aromatic heterocycles. The number of H-pyrrole nitrogens is 1. The Kier molecular flexibility index (Phi) is 3.28. The third-order valence-corrected chi connectivity index (χ3v) is 4.25. The van der Waals surface area contributed by atoms with Gasteiger partial charge in [0.15, 0.2) is 17.5 Å². The van der Waals surface area contributed by atoms with E-state index >= 15 is 0 Å². The van der Waals surface area contributed by atoms with Gasteiger partial charge in [-0.2, -0.15) is 0 Å². The second kappa shape index (κ2) is 4.77. The van der Waals surface area contributed by atoms with Gasteiger partial charge in [0.25, 0.3) is 0 Å². The van der Waals surface area contributed by atoms with E-state index in [1.807, 2.05) is 6.92 Å². The first-order valence-electron chi connectivity index (χ1n) is 7.25. The third kappa shape index (κ3) is 2.24. The van der Waals surface area contributed by atoms with Crippen molar-refractivity contribution in [3.8, 4) is 0 Å². The van der Waals surface area contributed by atoms with Crippen LogP contribution in [0.2, 0.25) is 0 Å². The lowest BCUT2D eigenvalue weighted by molar-refractivity contribution is 0.258. The summed E-state index contributed by atoms with van der Waals surface area (Å²) in [6.45, 7) is 7.00. The Morgan fingerprint density at radius 1 is 1.29 bits per heavy atom. The molecule has 1 aliphatic carbocycles. The molecule has 114 valence electrons. The molecule has 0 fully saturated rings. The molecule has 0 radical (unpaired) electrons. The molecule has 0 bridgehead atoms. The third-order valence-electron chi connectivity index (χ3n) is 4.25. The van der Waals surface area contributed by atoms with Crippen LogP contribution in [0.3, 0.4) is 0 Å². The summed E-state index contributed by atoms with van der Waals surface area (Å²) in [6, 6.07) is 0.990. The number of halogens is 3. The second-order valence-corrected chi connectivity index (χ2v) is 6.58. The van der Waals surface area contributed by atoms with Crippen molar-refractivity contribution in [3.63, 3.8) is 0 Å². The molecule has 1 heterocycles. The van der Waals surface area contributed by atoms with Crippen molar-refractivity contribution in [1.82, 2.24) is 10.3 Å². The van der Waals surface area contributed by atoms with Crippen LogP contribution < -0.4 is 5.32 Å². The molecule has 1 atom stereocenters. The van der Waals surface area contributed by atoms with E-state index in [0.29, 0.717) is 5.52 Å². The van der Waals surface area contributed by atoms with Gasteiger partial charge in [0.2, 0.25) is 0 Å². The Morgan fingerprint density at radius 2 is 2.00 bits per heavy atom. The highest BCUT2D eigenvalue weighted by Gasteiger charge is 2.36. The number of hydrogen-bond acceptors (Lipinski definition) is 1. The van der Waals surface area contributed by atoms with Gasteiger partial charge >= 0.3 is 0 Å². The van der Waals surface area contributed by atoms with E-state index in [-0.39, 0.29) is 16.8 Å². The van der Waals surface area contributed by atoms with Gasteiger partial charge in [-0.1, -0.05) is 20.8 Å². The van der Waals surface area contributed by atoms with Gasteiger partial charge in [-0.3, -0.25) is 0 Å². The normalized spacial score (nSPS) is 20.8. The van der Waals surface area contributed by atoms with E-state index in [2.05, 4.69) is 24.1 Å². The number of aromatic amines is 1. The van der Waals surface area contributed by atoms with Crippen molar-refractivity contribution >= 4 is 10.9 Å². The summed E-state index contributed by atoms with van der Waals surface area (Å²) in [5.41, 5.74) is 2.00. The monoisotopic (exact) mass is 296 g/mol. The van der Waals surface area contributed by atoms with Gasteiger partial charge in [-0.15, -0.1) is 0 Å². The number of rotatable bonds is 2. The molecule has 0 aliphatic heterocycles. The zero-order chi connectivity index (χ0) is 15.4. The largest absolute Gasteiger partial charge is 0.358 e. The van der Waals surface area contributed by atoms with Gasteiger partial charge < -0.3 is 10.3 Å². The lowest BCUT2D eigenvalue weighted by atomic mass is 9.74. The van der Waals surface area contributed by atoms with Crippen molar-refractivity contribution in [2.45, 2.75) is 39.7 Å². The van der Waals surface area contributed by atoms with Gasteiger partial charge in [-0.25, -0.2) is 13.2 Å². The first kappa shape index (κ1) is 14.4. The maximum atomic E-state index is 14.2. The number of benzene rings is 1. The number of nitrogens with one attached hydrogen (secondary N) is 2. The number of hydrogen-bond donors (Lipinski definition) is 2. The molecule has 0 spiro atoms. The van der Waals surface area contributed by atoms with E-state index in [0.717, 1.165) is 36.7 Å². The van der Waals surface area contributed by atoms with Crippen LogP contribution in [0.4, 0.5) is 13.2 Å². The predicted molar refractivity (Wildman–Crippen MR) is 76.7 cm³/mol. The molecule has 2 N–H and O–H groups in total. The quantitative estimate of drug-likeness (QED) is 0.798. The molecule has 5 heteroatoms. The Balaban J connectivity index is 2.28. The van der Waals surface area contributed by atoms with Crippen LogP contribution in [-0.4, -0.2) is 11.5 Å². The standard InChI is InChI=1S/C16H19F3N2/c1-4-20-10-6-16(2,3)7-11-12(10)13-9(21-11)5-8(17)14(18)15(13)19/h5,10,20-21H,4,6-7H2,1-3H3. The molecule has 21 heavy (non-hydrogen) atoms. The molecular weight excluding hydrogens is 277 g/mol. The zero-order valence-corrected chi connectivity index (χ0v) is 12.4. The zero-order valence-electron chi connectivity index (χ0n) is 12.4. The molecule has 1 aliphatic rings. The lowest BCUT2D eigenvalue weighted by Crippen LogP contribution is -2.33. The fourth-order valence-electron chi connectivity index (χ4n) is 3.49. The minimum absolute atomic E-state index is 0.0499. The summed E-state index contributed by atoms with van der Waals surface area (Å²) in [6.07, 6.45) is 1.57. The van der Waals surface area contributed by atoms with Crippen LogP contribution in [0.25, 0.3) is 10.9 Å². The highest BCUT2D eigenvalue weighted by Crippen LogP contribution is 2.44. The lowest BCUT2D eigenvalue weighted by Gasteiger charge is -2.35. The molecule has 1 aromatic carbocycles. The minimum Gasteiger partial charge on any atom is -0.358 e. The maximum absolute atomic E-state index is 14.2. The molecule has 3 rings (SSSR count). The number of aromatic nitrogens is 1. The average molecular weight is 296 g/mol. The van der Waals surface area contributed by atoms with Gasteiger partial charge in [0, 0.05) is 28.8 Å². The SMILES string of the molecule is CCNC1CC(C)(C)Cc2[nH]c3cc(F)c(F)c(F)c3c21. The van der Waals surface area contributed by atoms with Crippen molar-refractivity contribution in [2.24, 2.45) is 5.41 Å². The van der Waals surface area contributed by atoms with Gasteiger partial charge in [0.05, 0.1) is 5.52 Å². The smallest absolute Gasteiger partial charge is 0.195 e. The highest BCUT2D eigenvalue weighted by molar-refractivity contribution is 5.86. The maximum Gasteiger partial charge on any atom is 0.195 e. The van der Waals surface area contributed by atoms with E-state index in [1.54, 1.807) is 0 Å². The van der Waals surface area contributed by atoms with Crippen LogP contribution in [0.1, 0.15) is 44.5 Å². The molecular formula is C16H19F3N2. The first-order chi connectivity index (χ1) is 9.84. The van der Waals surface area contributed by atoms with Crippen LogP contribution in [0.15, 0.2) is 6.07 Å². The Morgan fingerprint density at radius 3 is 2.67 bits per heavy atom. The molecule has 0 saturated heterocycles. The highest BCUT2D eigenvalue weighted by atomic mass is 19.2. The van der Waals surface area contributed by atoms with Gasteiger partial charge in [-0.05, 0) is 24.8 Å². The van der Waals surface area contributed by atoms with Crippen LogP contribution >= 0.6 is 0 Å². The first-order valence-corrected chi connectivity index (χ1v) is 7.25.